The van der Waals surface area contributed by atoms with E-state index >= 15 is 0 Å². The minimum absolute atomic E-state index is 0.134. The fourth-order valence-corrected chi connectivity index (χ4v) is 5.35. The predicted octanol–water partition coefficient (Wildman–Crippen LogP) is 2.80. The Morgan fingerprint density at radius 3 is 2.77 bits per heavy atom. The van der Waals surface area contributed by atoms with Crippen LogP contribution in [0.4, 0.5) is 17.3 Å². The van der Waals surface area contributed by atoms with Crippen molar-refractivity contribution >= 4 is 22.8 Å². The van der Waals surface area contributed by atoms with Gasteiger partial charge in [-0.25, -0.2) is 14.5 Å². The van der Waals surface area contributed by atoms with Crippen molar-refractivity contribution in [3.05, 3.63) is 82.4 Å². The number of para-hydroxylation sites is 1. The molecule has 12 heteroatoms. The van der Waals surface area contributed by atoms with Gasteiger partial charge in [-0.3, -0.25) is 4.79 Å². The summed E-state index contributed by atoms with van der Waals surface area (Å²) in [7, 11) is 0. The van der Waals surface area contributed by atoms with E-state index in [1.165, 1.54) is 0 Å². The molecule has 0 spiro atoms. The Labute approximate surface area is 248 Å². The van der Waals surface area contributed by atoms with Crippen LogP contribution in [0.15, 0.2) is 59.8 Å². The van der Waals surface area contributed by atoms with Gasteiger partial charge in [0.2, 0.25) is 5.82 Å². The summed E-state index contributed by atoms with van der Waals surface area (Å²) in [4.78, 5) is 26.5. The summed E-state index contributed by atoms with van der Waals surface area (Å²) < 4.78 is 3.18. The van der Waals surface area contributed by atoms with Crippen molar-refractivity contribution in [3.8, 4) is 28.8 Å². The number of nitrogens with zero attached hydrogens (tertiary/aromatic N) is 9. The predicted molar refractivity (Wildman–Crippen MR) is 165 cm³/mol. The first-order chi connectivity index (χ1) is 20.8. The molecule has 0 amide bonds. The number of aromatic nitrogens is 7. The monoisotopic (exact) mass is 576 g/mol. The van der Waals surface area contributed by atoms with E-state index in [0.29, 0.717) is 41.5 Å². The molecule has 3 N–H and O–H groups in total. The van der Waals surface area contributed by atoms with Gasteiger partial charge in [0.25, 0.3) is 5.56 Å². The lowest BCUT2D eigenvalue weighted by Crippen LogP contribution is -2.35. The standard InChI is InChI=1S/C31H32N10O2/c1-20-11-14-38(25-19-24(35-36-30(25)32)23-7-4-5-8-26(23)42)15-17-40(20)28-10-12-33-27(34-28)9-6-13-39-16-18-41-29(31(39)43)21(2)22(3)37-41/h4-5,7-8,10,12,16,18-20,42H,11,13-15,17H2,1-3H3,(H2,32,36)/t20-/m0/s1. The zero-order valence-electron chi connectivity index (χ0n) is 24.3. The highest BCUT2D eigenvalue weighted by atomic mass is 16.3. The lowest BCUT2D eigenvalue weighted by Gasteiger charge is -2.28. The molecule has 0 bridgehead atoms. The Morgan fingerprint density at radius 1 is 1.09 bits per heavy atom. The highest BCUT2D eigenvalue weighted by Crippen LogP contribution is 2.32. The Morgan fingerprint density at radius 2 is 1.93 bits per heavy atom. The molecule has 1 aliphatic rings. The number of fused-ring (bicyclic) bond motifs is 1. The molecule has 43 heavy (non-hydrogen) atoms. The maximum Gasteiger partial charge on any atom is 0.277 e. The second-order valence-corrected chi connectivity index (χ2v) is 10.6. The van der Waals surface area contributed by atoms with Crippen LogP contribution >= 0.6 is 0 Å². The largest absolute Gasteiger partial charge is 0.507 e. The number of aromatic hydroxyl groups is 1. The van der Waals surface area contributed by atoms with E-state index in [1.54, 1.807) is 45.9 Å². The van der Waals surface area contributed by atoms with Gasteiger partial charge in [-0.1, -0.05) is 18.1 Å². The number of hydrogen-bond donors (Lipinski definition) is 2. The normalized spacial score (nSPS) is 15.3. The van der Waals surface area contributed by atoms with Crippen LogP contribution in [0.1, 0.15) is 30.4 Å². The zero-order chi connectivity index (χ0) is 30.1. The Bertz CT molecular complexity index is 1940. The highest BCUT2D eigenvalue weighted by Gasteiger charge is 2.24. The molecular weight excluding hydrogens is 544 g/mol. The van der Waals surface area contributed by atoms with Gasteiger partial charge in [0.1, 0.15) is 17.1 Å². The number of phenolic OH excluding ortho intramolecular Hbond substituents is 1. The maximum atomic E-state index is 13.0. The van der Waals surface area contributed by atoms with Crippen molar-refractivity contribution in [1.82, 2.24) is 34.3 Å². The van der Waals surface area contributed by atoms with E-state index in [-0.39, 0.29) is 23.9 Å². The molecule has 4 aromatic heterocycles. The van der Waals surface area contributed by atoms with Crippen LogP contribution in [-0.4, -0.2) is 65.1 Å². The molecule has 5 aromatic rings. The van der Waals surface area contributed by atoms with E-state index in [9.17, 15) is 9.90 Å². The van der Waals surface area contributed by atoms with Crippen LogP contribution in [0.2, 0.25) is 0 Å². The van der Waals surface area contributed by atoms with Gasteiger partial charge < -0.3 is 25.2 Å². The van der Waals surface area contributed by atoms with Crippen molar-refractivity contribution < 1.29 is 5.11 Å². The van der Waals surface area contributed by atoms with Crippen molar-refractivity contribution in [2.24, 2.45) is 0 Å². The molecule has 0 saturated carbocycles. The van der Waals surface area contributed by atoms with Crippen molar-refractivity contribution in [2.45, 2.75) is 39.8 Å². The number of nitrogens with two attached hydrogens (primary N) is 1. The lowest BCUT2D eigenvalue weighted by atomic mass is 10.1. The molecule has 12 nitrogen and oxygen atoms in total. The molecule has 1 aromatic carbocycles. The first kappa shape index (κ1) is 27.7. The molecule has 218 valence electrons. The molecule has 1 aliphatic heterocycles. The summed E-state index contributed by atoms with van der Waals surface area (Å²) in [6.07, 6.45) is 6.02. The number of aryl methyl sites for hydroxylation is 2. The Kier molecular flexibility index (Phi) is 7.38. The van der Waals surface area contributed by atoms with Crippen LogP contribution in [0.3, 0.4) is 0 Å². The van der Waals surface area contributed by atoms with Gasteiger partial charge in [0.15, 0.2) is 5.82 Å². The smallest absolute Gasteiger partial charge is 0.277 e. The van der Waals surface area contributed by atoms with E-state index < -0.39 is 0 Å². The number of nitrogen functional groups attached to an aromatic ring is 1. The lowest BCUT2D eigenvalue weighted by molar-refractivity contribution is 0.477. The van der Waals surface area contributed by atoms with Gasteiger partial charge in [-0.2, -0.15) is 5.10 Å². The maximum absolute atomic E-state index is 13.0. The average molecular weight is 577 g/mol. The van der Waals surface area contributed by atoms with Gasteiger partial charge in [0, 0.05) is 55.4 Å². The molecule has 0 unspecified atom stereocenters. The average Bonchev–Trinajstić information content (AvgIpc) is 3.16. The minimum Gasteiger partial charge on any atom is -0.507 e. The number of anilines is 3. The molecule has 0 radical (unpaired) electrons. The number of rotatable bonds is 4. The Balaban J connectivity index is 1.19. The zero-order valence-corrected chi connectivity index (χ0v) is 24.3. The third-order valence-electron chi connectivity index (χ3n) is 7.90. The van der Waals surface area contributed by atoms with Crippen LogP contribution < -0.4 is 21.1 Å². The summed E-state index contributed by atoms with van der Waals surface area (Å²) in [5.74, 6) is 7.74. The molecule has 1 atom stereocenters. The molecule has 5 heterocycles. The van der Waals surface area contributed by atoms with E-state index in [0.717, 1.165) is 35.7 Å². The molecule has 6 rings (SSSR count). The van der Waals surface area contributed by atoms with Crippen LogP contribution in [0, 0.1) is 25.7 Å². The molecular formula is C31H32N10O2. The summed E-state index contributed by atoms with van der Waals surface area (Å²) in [6, 6.07) is 11.0. The minimum atomic E-state index is -0.134. The topological polar surface area (TPSA) is 144 Å². The third kappa shape index (κ3) is 5.44. The fraction of sp³-hybridized carbons (Fsp3) is 0.290. The van der Waals surface area contributed by atoms with E-state index in [1.807, 2.05) is 32.0 Å². The van der Waals surface area contributed by atoms with Gasteiger partial charge in [0.05, 0.1) is 23.6 Å². The SMILES string of the molecule is Cc1nn2ccn(CC#Cc3nccc(N4CCN(c5cc(-c6ccccc6O)nnc5N)CC[C@@H]4C)n3)c(=O)c2c1C. The van der Waals surface area contributed by atoms with Gasteiger partial charge in [-0.15, -0.1) is 10.2 Å². The second-order valence-electron chi connectivity index (χ2n) is 10.6. The third-order valence-corrected chi connectivity index (χ3v) is 7.90. The van der Waals surface area contributed by atoms with Gasteiger partial charge in [-0.05, 0) is 57.4 Å². The van der Waals surface area contributed by atoms with Crippen molar-refractivity contribution in [2.75, 3.05) is 35.2 Å². The quantitative estimate of drug-likeness (QED) is 0.307. The van der Waals surface area contributed by atoms with Crippen molar-refractivity contribution in [1.29, 1.82) is 0 Å². The highest BCUT2D eigenvalue weighted by molar-refractivity contribution is 5.74. The summed E-state index contributed by atoms with van der Waals surface area (Å²) in [5, 5.41) is 23.1. The molecule has 1 saturated heterocycles. The van der Waals surface area contributed by atoms with Crippen LogP contribution in [-0.2, 0) is 6.54 Å². The van der Waals surface area contributed by atoms with Gasteiger partial charge >= 0.3 is 0 Å². The summed E-state index contributed by atoms with van der Waals surface area (Å²) in [6.45, 7) is 8.31. The summed E-state index contributed by atoms with van der Waals surface area (Å²) in [5.41, 5.74) is 10.3. The van der Waals surface area contributed by atoms with Crippen molar-refractivity contribution in [3.63, 3.8) is 0 Å². The first-order valence-corrected chi connectivity index (χ1v) is 14.1. The molecule has 0 aliphatic carbocycles. The number of hydrogen-bond acceptors (Lipinski definition) is 10. The summed E-state index contributed by atoms with van der Waals surface area (Å²) >= 11 is 0. The number of benzene rings is 1. The molecule has 1 fully saturated rings. The Hall–Kier alpha value is -5.44. The number of phenols is 1. The van der Waals surface area contributed by atoms with E-state index in [4.69, 9.17) is 10.7 Å². The van der Waals surface area contributed by atoms with Crippen LogP contribution in [0.25, 0.3) is 16.8 Å². The van der Waals surface area contributed by atoms with Crippen LogP contribution in [0.5, 0.6) is 5.75 Å². The first-order valence-electron chi connectivity index (χ1n) is 14.1. The fourth-order valence-electron chi connectivity index (χ4n) is 5.35. The van der Waals surface area contributed by atoms with E-state index in [2.05, 4.69) is 48.8 Å². The second kappa shape index (κ2) is 11.4.